The number of hydrogen-bond acceptors (Lipinski definition) is 5. The maximum absolute atomic E-state index is 12.3. The lowest BCUT2D eigenvalue weighted by Crippen LogP contribution is -2.55. The zero-order chi connectivity index (χ0) is 16.0. The van der Waals surface area contributed by atoms with E-state index in [0.717, 1.165) is 12.7 Å². The largest absolute Gasteiger partial charge is 0.481 e. The first-order valence-corrected chi connectivity index (χ1v) is 9.92. The third kappa shape index (κ3) is 5.74. The van der Waals surface area contributed by atoms with Gasteiger partial charge in [0.05, 0.1) is 6.42 Å². The van der Waals surface area contributed by atoms with Crippen molar-refractivity contribution >= 4 is 33.6 Å². The number of carboxylic acid groups (broad SMARTS) is 1. The van der Waals surface area contributed by atoms with Crippen LogP contribution in [0.25, 0.3) is 0 Å². The molecule has 1 aliphatic rings. The van der Waals surface area contributed by atoms with Crippen molar-refractivity contribution in [2.45, 2.75) is 37.6 Å². The van der Waals surface area contributed by atoms with Gasteiger partial charge in [-0.2, -0.15) is 11.8 Å². The van der Waals surface area contributed by atoms with Crippen molar-refractivity contribution in [2.75, 3.05) is 24.3 Å². The molecule has 2 amide bonds. The fraction of sp³-hybridized carbons (Fsp3) is 0.833. The predicted molar refractivity (Wildman–Crippen MR) is 82.1 cm³/mol. The van der Waals surface area contributed by atoms with Gasteiger partial charge in [0, 0.05) is 30.3 Å². The summed E-state index contributed by atoms with van der Waals surface area (Å²) in [6, 6.07) is -0.972. The monoisotopic (exact) mass is 338 g/mol. The van der Waals surface area contributed by atoms with Gasteiger partial charge in [-0.1, -0.05) is 13.3 Å². The number of aliphatic carboxylic acids is 1. The summed E-state index contributed by atoms with van der Waals surface area (Å²) in [4.78, 5) is 24.4. The van der Waals surface area contributed by atoms with Crippen LogP contribution in [0, 0.1) is 0 Å². The highest BCUT2D eigenvalue weighted by Crippen LogP contribution is 2.20. The van der Waals surface area contributed by atoms with Crippen LogP contribution in [0.15, 0.2) is 0 Å². The average molecular weight is 338 g/mol. The molecule has 1 aliphatic heterocycles. The number of carbonyl (C=O) groups is 2. The summed E-state index contributed by atoms with van der Waals surface area (Å²) in [7, 11) is -3.36. The van der Waals surface area contributed by atoms with Crippen molar-refractivity contribution < 1.29 is 23.1 Å². The van der Waals surface area contributed by atoms with Crippen LogP contribution < -0.4 is 5.32 Å². The van der Waals surface area contributed by atoms with Crippen LogP contribution in [0.3, 0.4) is 0 Å². The van der Waals surface area contributed by atoms with E-state index in [2.05, 4.69) is 5.32 Å². The minimum absolute atomic E-state index is 0.161. The number of rotatable bonds is 6. The second kappa shape index (κ2) is 7.88. The first-order valence-electron chi connectivity index (χ1n) is 6.81. The van der Waals surface area contributed by atoms with Crippen LogP contribution in [-0.2, 0) is 14.6 Å². The molecule has 0 aromatic rings. The van der Waals surface area contributed by atoms with E-state index in [-0.39, 0.29) is 6.42 Å². The van der Waals surface area contributed by atoms with E-state index in [1.165, 1.54) is 16.7 Å². The molecule has 1 saturated heterocycles. The summed E-state index contributed by atoms with van der Waals surface area (Å²) >= 11 is 1.50. The second-order valence-corrected chi connectivity index (χ2v) is 8.44. The van der Waals surface area contributed by atoms with Gasteiger partial charge in [-0.05, 0) is 6.42 Å². The molecule has 9 heteroatoms. The highest BCUT2D eigenvalue weighted by molar-refractivity contribution is 8.00. The Morgan fingerprint density at radius 3 is 2.67 bits per heavy atom. The third-order valence-electron chi connectivity index (χ3n) is 3.23. The molecule has 0 aromatic carbocycles. The summed E-state index contributed by atoms with van der Waals surface area (Å²) in [5.74, 6) is 0.0445. The quantitative estimate of drug-likeness (QED) is 0.741. The Bertz CT molecular complexity index is 480. The van der Waals surface area contributed by atoms with Gasteiger partial charge in [0.2, 0.25) is 0 Å². The van der Waals surface area contributed by atoms with Gasteiger partial charge in [0.15, 0.2) is 9.84 Å². The number of sulfone groups is 1. The van der Waals surface area contributed by atoms with E-state index in [0.29, 0.717) is 24.5 Å². The minimum atomic E-state index is -3.36. The Hall–Kier alpha value is -0.960. The molecule has 1 rings (SSSR count). The van der Waals surface area contributed by atoms with Crippen molar-refractivity contribution in [1.29, 1.82) is 0 Å². The molecule has 0 radical (unpaired) electrons. The topological polar surface area (TPSA) is 104 Å². The molecule has 2 atom stereocenters. The van der Waals surface area contributed by atoms with Crippen LogP contribution in [0.5, 0.6) is 0 Å². The number of nitrogens with one attached hydrogen (secondary N) is 1. The summed E-state index contributed by atoms with van der Waals surface area (Å²) in [5.41, 5.74) is 0. The average Bonchev–Trinajstić information content (AvgIpc) is 2.37. The fourth-order valence-electron chi connectivity index (χ4n) is 2.21. The molecule has 21 heavy (non-hydrogen) atoms. The van der Waals surface area contributed by atoms with E-state index in [1.54, 1.807) is 0 Å². The Morgan fingerprint density at radius 2 is 2.14 bits per heavy atom. The molecular formula is C12H22N2O5S2. The molecule has 0 spiro atoms. The predicted octanol–water partition coefficient (Wildman–Crippen LogP) is 0.759. The lowest BCUT2D eigenvalue weighted by Gasteiger charge is -2.35. The Labute approximate surface area is 129 Å². The van der Waals surface area contributed by atoms with Gasteiger partial charge in [-0.15, -0.1) is 0 Å². The van der Waals surface area contributed by atoms with Gasteiger partial charge < -0.3 is 15.3 Å². The molecule has 1 heterocycles. The van der Waals surface area contributed by atoms with Crippen molar-refractivity contribution in [2.24, 2.45) is 0 Å². The van der Waals surface area contributed by atoms with Gasteiger partial charge in [-0.25, -0.2) is 13.2 Å². The number of amides is 2. The minimum Gasteiger partial charge on any atom is -0.481 e. The Morgan fingerprint density at radius 1 is 1.48 bits per heavy atom. The maximum Gasteiger partial charge on any atom is 0.318 e. The number of urea groups is 1. The van der Waals surface area contributed by atoms with Crippen molar-refractivity contribution in [3.63, 3.8) is 0 Å². The summed E-state index contributed by atoms with van der Waals surface area (Å²) in [5, 5.41) is 10.7. The van der Waals surface area contributed by atoms with Crippen molar-refractivity contribution in [3.05, 3.63) is 0 Å². The molecule has 1 fully saturated rings. The molecular weight excluding hydrogens is 316 g/mol. The van der Waals surface area contributed by atoms with Crippen LogP contribution >= 0.6 is 11.8 Å². The Kier molecular flexibility index (Phi) is 6.79. The summed E-state index contributed by atoms with van der Waals surface area (Å²) < 4.78 is 23.5. The number of carbonyl (C=O) groups excluding carboxylic acids is 1. The normalized spacial score (nSPS) is 20.9. The standard InChI is InChI=1S/C12H22N2O5S2/c1-3-4-9(7-11(15)16)13-12(17)14-5-6-20-8-10(14)21(2,18)19/h9-10H,3-8H2,1-2H3,(H,13,17)(H,15,16). The molecule has 0 aromatic heterocycles. The van der Waals surface area contributed by atoms with Gasteiger partial charge in [0.25, 0.3) is 0 Å². The molecule has 122 valence electrons. The first kappa shape index (κ1) is 18.1. The number of thioether (sulfide) groups is 1. The zero-order valence-electron chi connectivity index (χ0n) is 12.2. The third-order valence-corrected chi connectivity index (χ3v) is 5.87. The fourth-order valence-corrected chi connectivity index (χ4v) is 5.03. The Balaban J connectivity index is 2.76. The lowest BCUT2D eigenvalue weighted by molar-refractivity contribution is -0.137. The lowest BCUT2D eigenvalue weighted by atomic mass is 10.1. The van der Waals surface area contributed by atoms with Crippen molar-refractivity contribution in [1.82, 2.24) is 10.2 Å². The van der Waals surface area contributed by atoms with Gasteiger partial charge in [-0.3, -0.25) is 4.79 Å². The molecule has 2 N–H and O–H groups in total. The van der Waals surface area contributed by atoms with Crippen LogP contribution in [0.4, 0.5) is 4.79 Å². The van der Waals surface area contributed by atoms with Gasteiger partial charge >= 0.3 is 12.0 Å². The summed E-state index contributed by atoms with van der Waals surface area (Å²) in [6.07, 6.45) is 2.24. The van der Waals surface area contributed by atoms with Crippen molar-refractivity contribution in [3.8, 4) is 0 Å². The molecule has 0 bridgehead atoms. The van der Waals surface area contributed by atoms with E-state index >= 15 is 0 Å². The smallest absolute Gasteiger partial charge is 0.318 e. The molecule has 0 aliphatic carbocycles. The number of hydrogen-bond donors (Lipinski definition) is 2. The van der Waals surface area contributed by atoms with Crippen LogP contribution in [0.2, 0.25) is 0 Å². The molecule has 0 saturated carbocycles. The van der Waals surface area contributed by atoms with E-state index in [1.807, 2.05) is 6.92 Å². The van der Waals surface area contributed by atoms with Crippen LogP contribution in [0.1, 0.15) is 26.2 Å². The van der Waals surface area contributed by atoms with E-state index in [4.69, 9.17) is 5.11 Å². The SMILES string of the molecule is CCCC(CC(=O)O)NC(=O)N1CCSCC1S(C)(=O)=O. The van der Waals surface area contributed by atoms with Gasteiger partial charge in [0.1, 0.15) is 5.37 Å². The first-order chi connectivity index (χ1) is 9.75. The molecule has 7 nitrogen and oxygen atoms in total. The molecule has 2 unspecified atom stereocenters. The number of nitrogens with zero attached hydrogens (tertiary/aromatic N) is 1. The van der Waals surface area contributed by atoms with E-state index in [9.17, 15) is 18.0 Å². The number of carboxylic acids is 1. The second-order valence-electron chi connectivity index (χ2n) is 5.09. The zero-order valence-corrected chi connectivity index (χ0v) is 13.9. The maximum atomic E-state index is 12.3. The van der Waals surface area contributed by atoms with E-state index < -0.39 is 33.3 Å². The summed E-state index contributed by atoms with van der Waals surface area (Å²) in [6.45, 7) is 2.25. The highest BCUT2D eigenvalue weighted by Gasteiger charge is 2.34. The highest BCUT2D eigenvalue weighted by atomic mass is 32.2. The van der Waals surface area contributed by atoms with Crippen LogP contribution in [-0.4, -0.2) is 66.1 Å².